The van der Waals surface area contributed by atoms with E-state index in [1.165, 1.54) is 30.6 Å². The molecule has 1 aliphatic rings. The Morgan fingerprint density at radius 3 is 2.52 bits per heavy atom. The van der Waals surface area contributed by atoms with Crippen molar-refractivity contribution < 1.29 is 19.5 Å². The highest BCUT2D eigenvalue weighted by Crippen LogP contribution is 2.31. The number of hydrogen-bond acceptors (Lipinski definition) is 4. The van der Waals surface area contributed by atoms with Crippen molar-refractivity contribution in [2.24, 2.45) is 0 Å². The zero-order valence-electron chi connectivity index (χ0n) is 10.4. The van der Waals surface area contributed by atoms with Crippen LogP contribution in [0.25, 0.3) is 0 Å². The van der Waals surface area contributed by atoms with Gasteiger partial charge in [0.2, 0.25) is 0 Å². The van der Waals surface area contributed by atoms with E-state index in [9.17, 15) is 19.5 Å². The second-order valence-electron chi connectivity index (χ2n) is 4.33. The lowest BCUT2D eigenvalue weighted by Crippen LogP contribution is -2.31. The molecule has 2 aromatic rings. The average molecular weight is 394 g/mol. The van der Waals surface area contributed by atoms with Gasteiger partial charge in [-0.05, 0) is 46.9 Å². The summed E-state index contributed by atoms with van der Waals surface area (Å²) in [6.07, 6.45) is 2.72. The van der Waals surface area contributed by atoms with Crippen LogP contribution in [0.4, 0.5) is 5.69 Å². The van der Waals surface area contributed by atoms with E-state index in [2.05, 4.69) is 4.98 Å². The molecule has 7 heteroatoms. The zero-order valence-corrected chi connectivity index (χ0v) is 12.6. The number of halogens is 1. The summed E-state index contributed by atoms with van der Waals surface area (Å²) in [5.74, 6) is -2.30. The van der Waals surface area contributed by atoms with E-state index in [4.69, 9.17) is 0 Å². The number of pyridine rings is 1. The van der Waals surface area contributed by atoms with Gasteiger partial charge in [0.1, 0.15) is 0 Å². The number of amides is 2. The molecule has 2 heterocycles. The van der Waals surface area contributed by atoms with Gasteiger partial charge >= 0.3 is 5.97 Å². The van der Waals surface area contributed by atoms with Crippen LogP contribution in [0.5, 0.6) is 0 Å². The molecular formula is C14H7IN2O4. The monoisotopic (exact) mass is 394 g/mol. The summed E-state index contributed by atoms with van der Waals surface area (Å²) < 4.78 is 0.701. The Morgan fingerprint density at radius 2 is 1.86 bits per heavy atom. The molecule has 104 valence electrons. The van der Waals surface area contributed by atoms with Gasteiger partial charge in [-0.1, -0.05) is 0 Å². The number of anilines is 1. The molecule has 3 rings (SSSR count). The van der Waals surface area contributed by atoms with E-state index in [0.29, 0.717) is 3.57 Å². The van der Waals surface area contributed by atoms with Gasteiger partial charge in [-0.15, -0.1) is 0 Å². The van der Waals surface area contributed by atoms with Crippen LogP contribution in [0.2, 0.25) is 0 Å². The van der Waals surface area contributed by atoms with Crippen molar-refractivity contribution in [1.29, 1.82) is 0 Å². The fourth-order valence-electron chi connectivity index (χ4n) is 2.18. The molecule has 6 nitrogen and oxygen atoms in total. The summed E-state index contributed by atoms with van der Waals surface area (Å²) in [6.45, 7) is 0. The third-order valence-corrected chi connectivity index (χ3v) is 3.79. The third kappa shape index (κ3) is 2.09. The Hall–Kier alpha value is -2.29. The van der Waals surface area contributed by atoms with E-state index in [-0.39, 0.29) is 22.4 Å². The van der Waals surface area contributed by atoms with E-state index < -0.39 is 17.8 Å². The van der Waals surface area contributed by atoms with Crippen molar-refractivity contribution in [2.75, 3.05) is 4.90 Å². The minimum absolute atomic E-state index is 0.0640. The van der Waals surface area contributed by atoms with Crippen molar-refractivity contribution in [3.63, 3.8) is 0 Å². The van der Waals surface area contributed by atoms with Gasteiger partial charge in [0.25, 0.3) is 11.8 Å². The average Bonchev–Trinajstić information content (AvgIpc) is 2.72. The first kappa shape index (κ1) is 13.7. The first-order valence-electron chi connectivity index (χ1n) is 5.86. The summed E-state index contributed by atoms with van der Waals surface area (Å²) in [7, 11) is 0. The Labute approximate surface area is 132 Å². The summed E-state index contributed by atoms with van der Waals surface area (Å²) in [5.41, 5.74) is 0.376. The van der Waals surface area contributed by atoms with Gasteiger partial charge in [-0.2, -0.15) is 0 Å². The molecule has 1 aromatic heterocycles. The molecular weight excluding hydrogens is 387 g/mol. The first-order valence-corrected chi connectivity index (χ1v) is 6.94. The highest BCUT2D eigenvalue weighted by atomic mass is 127. The maximum atomic E-state index is 12.3. The Morgan fingerprint density at radius 1 is 1.14 bits per heavy atom. The summed E-state index contributed by atoms with van der Waals surface area (Å²) in [5, 5.41) is 9.27. The van der Waals surface area contributed by atoms with Gasteiger partial charge in [-0.25, -0.2) is 9.69 Å². The molecule has 0 radical (unpaired) electrons. The Bertz CT molecular complexity index is 768. The molecule has 0 atom stereocenters. The number of carboxylic acids is 1. The number of hydrogen-bond donors (Lipinski definition) is 1. The molecule has 1 aliphatic heterocycles. The predicted octanol–water partition coefficient (Wildman–Crippen LogP) is 2.18. The third-order valence-electron chi connectivity index (χ3n) is 3.12. The SMILES string of the molecule is O=C(O)c1cc(I)ccc1N1C(=O)c2ccncc2C1=O. The maximum absolute atomic E-state index is 12.3. The Kier molecular flexibility index (Phi) is 3.20. The summed E-state index contributed by atoms with van der Waals surface area (Å²) in [4.78, 5) is 40.7. The summed E-state index contributed by atoms with van der Waals surface area (Å²) >= 11 is 1.97. The molecule has 0 saturated carbocycles. The lowest BCUT2D eigenvalue weighted by atomic mass is 10.1. The van der Waals surface area contributed by atoms with Gasteiger partial charge in [0.15, 0.2) is 0 Å². The first-order chi connectivity index (χ1) is 10.0. The second kappa shape index (κ2) is 4.92. The van der Waals surface area contributed by atoms with E-state index in [1.807, 2.05) is 22.6 Å². The fourth-order valence-corrected chi connectivity index (χ4v) is 2.67. The standard InChI is InChI=1S/C14H7IN2O4/c15-7-1-2-11(9(5-7)14(20)21)17-12(18)8-3-4-16-6-10(8)13(17)19/h1-6H,(H,20,21). The molecule has 0 fully saturated rings. The molecule has 0 spiro atoms. The zero-order chi connectivity index (χ0) is 15.1. The van der Waals surface area contributed by atoms with Crippen LogP contribution in [0.3, 0.4) is 0 Å². The van der Waals surface area contributed by atoms with Crippen LogP contribution in [0.1, 0.15) is 31.1 Å². The number of benzene rings is 1. The smallest absolute Gasteiger partial charge is 0.337 e. The molecule has 21 heavy (non-hydrogen) atoms. The lowest BCUT2D eigenvalue weighted by molar-refractivity contribution is 0.0698. The minimum Gasteiger partial charge on any atom is -0.478 e. The lowest BCUT2D eigenvalue weighted by Gasteiger charge is -2.16. The highest BCUT2D eigenvalue weighted by molar-refractivity contribution is 14.1. The van der Waals surface area contributed by atoms with Crippen LogP contribution < -0.4 is 4.90 Å². The maximum Gasteiger partial charge on any atom is 0.337 e. The highest BCUT2D eigenvalue weighted by Gasteiger charge is 2.38. The van der Waals surface area contributed by atoms with Crippen LogP contribution >= 0.6 is 22.6 Å². The number of carboxylic acid groups (broad SMARTS) is 1. The van der Waals surface area contributed by atoms with E-state index in [1.54, 1.807) is 6.07 Å². The number of nitrogens with zero attached hydrogens (tertiary/aromatic N) is 2. The molecule has 1 aromatic carbocycles. The van der Waals surface area contributed by atoms with E-state index >= 15 is 0 Å². The van der Waals surface area contributed by atoms with Crippen molar-refractivity contribution >= 4 is 46.1 Å². The predicted molar refractivity (Wildman–Crippen MR) is 81.5 cm³/mol. The van der Waals surface area contributed by atoms with Gasteiger partial charge in [-0.3, -0.25) is 14.6 Å². The van der Waals surface area contributed by atoms with Crippen molar-refractivity contribution in [3.05, 3.63) is 56.9 Å². The van der Waals surface area contributed by atoms with Crippen molar-refractivity contribution in [2.45, 2.75) is 0 Å². The Balaban J connectivity index is 2.18. The molecule has 1 N–H and O–H groups in total. The van der Waals surface area contributed by atoms with E-state index in [0.717, 1.165) is 4.90 Å². The number of imide groups is 1. The number of aromatic nitrogens is 1. The number of fused-ring (bicyclic) bond motifs is 1. The van der Waals surface area contributed by atoms with Crippen LogP contribution in [-0.4, -0.2) is 27.9 Å². The van der Waals surface area contributed by atoms with Gasteiger partial charge in [0.05, 0.1) is 22.4 Å². The number of carbonyl (C=O) groups is 3. The fraction of sp³-hybridized carbons (Fsp3) is 0. The van der Waals surface area contributed by atoms with Gasteiger partial charge in [0, 0.05) is 16.0 Å². The summed E-state index contributed by atoms with van der Waals surface area (Å²) in [6, 6.07) is 5.97. The molecule has 2 amide bonds. The number of carbonyl (C=O) groups excluding carboxylic acids is 2. The minimum atomic E-state index is -1.20. The molecule has 0 saturated heterocycles. The van der Waals surface area contributed by atoms with Crippen LogP contribution in [0.15, 0.2) is 36.7 Å². The quantitative estimate of drug-likeness (QED) is 0.624. The number of aromatic carboxylic acids is 1. The van der Waals surface area contributed by atoms with Crippen molar-refractivity contribution in [3.8, 4) is 0 Å². The van der Waals surface area contributed by atoms with Gasteiger partial charge < -0.3 is 5.11 Å². The van der Waals surface area contributed by atoms with Crippen LogP contribution in [-0.2, 0) is 0 Å². The largest absolute Gasteiger partial charge is 0.478 e. The molecule has 0 aliphatic carbocycles. The van der Waals surface area contributed by atoms with Crippen LogP contribution in [0, 0.1) is 3.57 Å². The van der Waals surface area contributed by atoms with Crippen molar-refractivity contribution in [1.82, 2.24) is 4.98 Å². The molecule has 0 bridgehead atoms. The normalized spacial score (nSPS) is 13.5. The topological polar surface area (TPSA) is 87.6 Å². The molecule has 0 unspecified atom stereocenters. The second-order valence-corrected chi connectivity index (χ2v) is 5.58. The number of rotatable bonds is 2.